The Morgan fingerprint density at radius 1 is 1.56 bits per heavy atom. The lowest BCUT2D eigenvalue weighted by atomic mass is 10.2. The molecule has 5 nitrogen and oxygen atoms in total. The fraction of sp³-hybridized carbons (Fsp3) is 0.417. The maximum Gasteiger partial charge on any atom is 0.244 e. The summed E-state index contributed by atoms with van der Waals surface area (Å²) in [6.45, 7) is 3.81. The second-order valence-electron chi connectivity index (χ2n) is 4.54. The summed E-state index contributed by atoms with van der Waals surface area (Å²) in [5.74, 6) is -0.00435. The van der Waals surface area contributed by atoms with Gasteiger partial charge in [0.15, 0.2) is 10.4 Å². The van der Waals surface area contributed by atoms with Crippen molar-refractivity contribution in [2.45, 2.75) is 19.9 Å². The first-order chi connectivity index (χ1) is 8.43. The van der Waals surface area contributed by atoms with Crippen LogP contribution in [0, 0.1) is 11.7 Å². The smallest absolute Gasteiger partial charge is 0.244 e. The first-order valence-electron chi connectivity index (χ1n) is 5.70. The molecule has 0 aliphatic heterocycles. The van der Waals surface area contributed by atoms with Crippen molar-refractivity contribution < 1.29 is 4.79 Å². The van der Waals surface area contributed by atoms with Gasteiger partial charge in [0.05, 0.1) is 5.52 Å². The lowest BCUT2D eigenvalue weighted by molar-refractivity contribution is -0.131. The molecule has 0 aromatic carbocycles. The maximum atomic E-state index is 12.0. The minimum atomic E-state index is -0.365. The van der Waals surface area contributed by atoms with E-state index in [2.05, 4.69) is 9.97 Å². The Balaban J connectivity index is 2.65. The van der Waals surface area contributed by atoms with Gasteiger partial charge in [0.25, 0.3) is 0 Å². The molecule has 6 heteroatoms. The normalized spacial score (nSPS) is 12.7. The van der Waals surface area contributed by atoms with Crippen LogP contribution in [0.5, 0.6) is 0 Å². The molecule has 0 saturated carbocycles. The molecule has 96 valence electrons. The molecule has 0 radical (unpaired) electrons. The highest BCUT2D eigenvalue weighted by molar-refractivity contribution is 7.71. The molecule has 0 aliphatic rings. The van der Waals surface area contributed by atoms with Gasteiger partial charge in [-0.05, 0) is 37.7 Å². The molecule has 0 fully saturated rings. The number of nitrogens with zero attached hydrogens (tertiary/aromatic N) is 3. The summed E-state index contributed by atoms with van der Waals surface area (Å²) in [4.78, 5) is 21.0. The van der Waals surface area contributed by atoms with Crippen molar-refractivity contribution in [2.24, 2.45) is 0 Å². The van der Waals surface area contributed by atoms with Gasteiger partial charge in [-0.1, -0.05) is 0 Å². The second kappa shape index (κ2) is 4.53. The third-order valence-electron chi connectivity index (χ3n) is 3.00. The van der Waals surface area contributed by atoms with Crippen LogP contribution in [0.2, 0.25) is 0 Å². The number of carbonyl (C=O) groups excluding carboxylic acids is 1. The highest BCUT2D eigenvalue weighted by Gasteiger charge is 2.20. The van der Waals surface area contributed by atoms with E-state index in [4.69, 9.17) is 12.2 Å². The summed E-state index contributed by atoms with van der Waals surface area (Å²) < 4.78 is 2.29. The number of carbonyl (C=O) groups is 1. The van der Waals surface area contributed by atoms with E-state index in [1.165, 1.54) is 0 Å². The topological polar surface area (TPSA) is 53.9 Å². The molecule has 0 bridgehead atoms. The number of aryl methyl sites for hydroxylation is 1. The SMILES string of the molecule is Cc1ccnc2c1[nH]c(=S)n2C(C)C(=O)N(C)C. The maximum absolute atomic E-state index is 12.0. The van der Waals surface area contributed by atoms with E-state index >= 15 is 0 Å². The lowest BCUT2D eigenvalue weighted by Crippen LogP contribution is -2.30. The van der Waals surface area contributed by atoms with Gasteiger partial charge in [0, 0.05) is 20.3 Å². The Bertz CT molecular complexity index is 656. The molecule has 1 N–H and O–H groups in total. The van der Waals surface area contributed by atoms with Crippen molar-refractivity contribution in [1.29, 1.82) is 0 Å². The van der Waals surface area contributed by atoms with Crippen LogP contribution < -0.4 is 0 Å². The number of imidazole rings is 1. The zero-order valence-electron chi connectivity index (χ0n) is 10.9. The number of pyridine rings is 1. The summed E-state index contributed by atoms with van der Waals surface area (Å²) in [5.41, 5.74) is 2.68. The molecule has 2 heterocycles. The van der Waals surface area contributed by atoms with E-state index in [-0.39, 0.29) is 11.9 Å². The summed E-state index contributed by atoms with van der Waals surface area (Å²) in [5, 5.41) is 0. The third-order valence-corrected chi connectivity index (χ3v) is 3.30. The fourth-order valence-electron chi connectivity index (χ4n) is 1.99. The Morgan fingerprint density at radius 3 is 2.83 bits per heavy atom. The zero-order valence-corrected chi connectivity index (χ0v) is 11.7. The number of fused-ring (bicyclic) bond motifs is 1. The summed E-state index contributed by atoms with van der Waals surface area (Å²) >= 11 is 5.29. The van der Waals surface area contributed by atoms with Gasteiger partial charge < -0.3 is 9.88 Å². The molecular formula is C12H16N4OS. The Labute approximate surface area is 110 Å². The largest absolute Gasteiger partial charge is 0.347 e. The molecule has 1 atom stereocenters. The van der Waals surface area contributed by atoms with E-state index in [0.29, 0.717) is 4.77 Å². The predicted octanol–water partition coefficient (Wildman–Crippen LogP) is 2.05. The minimum absolute atomic E-state index is 0.00435. The van der Waals surface area contributed by atoms with Crippen LogP contribution in [0.1, 0.15) is 18.5 Å². The molecule has 0 saturated heterocycles. The number of aromatic nitrogens is 3. The van der Waals surface area contributed by atoms with Crippen LogP contribution in [0.15, 0.2) is 12.3 Å². The summed E-state index contributed by atoms with van der Waals surface area (Å²) in [7, 11) is 3.46. The lowest BCUT2D eigenvalue weighted by Gasteiger charge is -2.18. The summed E-state index contributed by atoms with van der Waals surface area (Å²) in [6, 6.07) is 1.55. The molecule has 1 amide bonds. The van der Waals surface area contributed by atoms with Gasteiger partial charge in [-0.2, -0.15) is 0 Å². The first kappa shape index (κ1) is 12.8. The number of aromatic amines is 1. The van der Waals surface area contributed by atoms with Gasteiger partial charge in [-0.3, -0.25) is 9.36 Å². The molecule has 1 unspecified atom stereocenters. The van der Waals surface area contributed by atoms with Crippen LogP contribution in [-0.2, 0) is 4.79 Å². The van der Waals surface area contributed by atoms with Crippen molar-refractivity contribution >= 4 is 29.3 Å². The highest BCUT2D eigenvalue weighted by atomic mass is 32.1. The average Bonchev–Trinajstić information content (AvgIpc) is 2.65. The highest BCUT2D eigenvalue weighted by Crippen LogP contribution is 2.20. The van der Waals surface area contributed by atoms with Gasteiger partial charge in [-0.15, -0.1) is 0 Å². The van der Waals surface area contributed by atoms with Crippen molar-refractivity contribution in [3.8, 4) is 0 Å². The average molecular weight is 264 g/mol. The van der Waals surface area contributed by atoms with E-state index in [1.54, 1.807) is 29.8 Å². The molecule has 2 aromatic heterocycles. The van der Waals surface area contributed by atoms with Crippen LogP contribution >= 0.6 is 12.2 Å². The quantitative estimate of drug-likeness (QED) is 0.845. The fourth-order valence-corrected chi connectivity index (χ4v) is 2.33. The number of hydrogen-bond donors (Lipinski definition) is 1. The monoisotopic (exact) mass is 264 g/mol. The standard InChI is InChI=1S/C12H16N4OS/c1-7-5-6-13-10-9(7)14-12(18)16(10)8(2)11(17)15(3)4/h5-6,8H,1-4H3,(H,14,18). The zero-order chi connectivity index (χ0) is 13.4. The minimum Gasteiger partial charge on any atom is -0.347 e. The molecular weight excluding hydrogens is 248 g/mol. The molecule has 0 aliphatic carbocycles. The second-order valence-corrected chi connectivity index (χ2v) is 4.92. The van der Waals surface area contributed by atoms with E-state index in [9.17, 15) is 4.79 Å². The van der Waals surface area contributed by atoms with E-state index in [0.717, 1.165) is 16.7 Å². The molecule has 2 aromatic rings. The number of rotatable bonds is 2. The number of nitrogens with one attached hydrogen (secondary N) is 1. The van der Waals surface area contributed by atoms with Gasteiger partial charge >= 0.3 is 0 Å². The first-order valence-corrected chi connectivity index (χ1v) is 6.11. The van der Waals surface area contributed by atoms with Gasteiger partial charge in [-0.25, -0.2) is 4.98 Å². The Kier molecular flexibility index (Phi) is 3.21. The Hall–Kier alpha value is -1.69. The molecule has 18 heavy (non-hydrogen) atoms. The third kappa shape index (κ3) is 1.92. The van der Waals surface area contributed by atoms with Crippen LogP contribution in [0.4, 0.5) is 0 Å². The number of hydrogen-bond acceptors (Lipinski definition) is 3. The van der Waals surface area contributed by atoms with E-state index < -0.39 is 0 Å². The van der Waals surface area contributed by atoms with Crippen molar-refractivity contribution in [3.63, 3.8) is 0 Å². The molecule has 2 rings (SSSR count). The van der Waals surface area contributed by atoms with Crippen LogP contribution in [0.25, 0.3) is 11.2 Å². The van der Waals surface area contributed by atoms with Gasteiger partial charge in [0.2, 0.25) is 5.91 Å². The Morgan fingerprint density at radius 2 is 2.22 bits per heavy atom. The van der Waals surface area contributed by atoms with Crippen LogP contribution in [0.3, 0.4) is 0 Å². The number of likely N-dealkylation sites (N-methyl/N-ethyl adjacent to an activating group) is 1. The van der Waals surface area contributed by atoms with Gasteiger partial charge in [0.1, 0.15) is 6.04 Å². The van der Waals surface area contributed by atoms with Crippen molar-refractivity contribution in [2.75, 3.05) is 14.1 Å². The summed E-state index contributed by atoms with van der Waals surface area (Å²) in [6.07, 6.45) is 1.73. The number of amides is 1. The van der Waals surface area contributed by atoms with Crippen molar-refractivity contribution in [1.82, 2.24) is 19.4 Å². The van der Waals surface area contributed by atoms with E-state index in [1.807, 2.05) is 19.9 Å². The molecule has 0 spiro atoms. The van der Waals surface area contributed by atoms with Crippen molar-refractivity contribution in [3.05, 3.63) is 22.6 Å². The predicted molar refractivity (Wildman–Crippen MR) is 73.1 cm³/mol. The van der Waals surface area contributed by atoms with Crippen LogP contribution in [-0.4, -0.2) is 39.4 Å². The number of H-pyrrole nitrogens is 1.